The van der Waals surface area contributed by atoms with Gasteiger partial charge in [-0.15, -0.1) is 0 Å². The lowest BCUT2D eigenvalue weighted by Gasteiger charge is -2.12. The monoisotopic (exact) mass is 716 g/mol. The molecule has 0 unspecified atom stereocenters. The topological polar surface area (TPSA) is 61.4 Å². The molecule has 0 saturated heterocycles. The van der Waals surface area contributed by atoms with E-state index in [4.69, 9.17) is 19.9 Å². The molecule has 56 heavy (non-hydrogen) atoms. The van der Waals surface area contributed by atoms with E-state index in [9.17, 15) is 0 Å². The third kappa shape index (κ3) is 5.35. The van der Waals surface area contributed by atoms with Crippen molar-refractivity contribution in [2.24, 2.45) is 0 Å². The molecule has 262 valence electrons. The van der Waals surface area contributed by atoms with Crippen molar-refractivity contribution in [2.45, 2.75) is 0 Å². The second kappa shape index (κ2) is 13.0. The van der Waals surface area contributed by atoms with Gasteiger partial charge in [0.15, 0.2) is 17.5 Å². The average Bonchev–Trinajstić information content (AvgIpc) is 3.85. The van der Waals surface area contributed by atoms with Gasteiger partial charge in [-0.1, -0.05) is 127 Å². The Kier molecular flexibility index (Phi) is 7.38. The van der Waals surface area contributed by atoms with Crippen molar-refractivity contribution in [1.82, 2.24) is 29.1 Å². The first-order chi connectivity index (χ1) is 27.7. The van der Waals surface area contributed by atoms with Crippen molar-refractivity contribution in [2.75, 3.05) is 0 Å². The fourth-order valence-electron chi connectivity index (χ4n) is 7.92. The second-order valence-corrected chi connectivity index (χ2v) is 14.0. The zero-order chi connectivity index (χ0) is 37.0. The lowest BCUT2D eigenvalue weighted by Crippen LogP contribution is -2.01. The molecule has 11 aromatic rings. The number of rotatable bonds is 6. The summed E-state index contributed by atoms with van der Waals surface area (Å²) in [5, 5.41) is 6.09. The van der Waals surface area contributed by atoms with Gasteiger partial charge in [0.1, 0.15) is 5.69 Å². The normalized spacial score (nSPS) is 11.6. The van der Waals surface area contributed by atoms with Gasteiger partial charge in [-0.2, -0.15) is 0 Å². The minimum Gasteiger partial charge on any atom is -0.317 e. The summed E-state index contributed by atoms with van der Waals surface area (Å²) in [7, 11) is 0. The Balaban J connectivity index is 1.03. The zero-order valence-corrected chi connectivity index (χ0v) is 30.2. The summed E-state index contributed by atoms with van der Waals surface area (Å²) in [4.78, 5) is 19.8. The third-order valence-electron chi connectivity index (χ3n) is 10.6. The first-order valence-electron chi connectivity index (χ1n) is 18.7. The number of pyridine rings is 1. The molecule has 0 saturated carbocycles. The molecule has 0 aliphatic carbocycles. The van der Waals surface area contributed by atoms with Crippen LogP contribution in [0.2, 0.25) is 0 Å². The molecule has 7 aromatic carbocycles. The minimum absolute atomic E-state index is 0.529. The standard InChI is InChI=1S/C50H32N6/c1-4-13-34(14-5-1)48-52-49(35-15-6-2-7-16-35)54-50(53-48)44-21-12-20-43(51-44)33-23-26-39(27-24-33)56-45-22-11-10-19-40(45)41-28-25-36-31-37-29-30-55(38-17-8-3-9-18-38)46(37)32-42(36)47(41)56/h1-32H. The van der Waals surface area contributed by atoms with E-state index < -0.39 is 0 Å². The SMILES string of the molecule is c1ccc(-c2nc(-c3ccccc3)nc(-c3cccc(-c4ccc(-n5c6ccccc6c6ccc7cc8ccn(-c9ccccc9)c8cc7c65)cc4)n3)n2)cc1. The van der Waals surface area contributed by atoms with Gasteiger partial charge in [0.25, 0.3) is 0 Å². The summed E-state index contributed by atoms with van der Waals surface area (Å²) in [6.45, 7) is 0. The van der Waals surface area contributed by atoms with E-state index in [1.807, 2.05) is 78.9 Å². The van der Waals surface area contributed by atoms with Crippen molar-refractivity contribution in [3.05, 3.63) is 194 Å². The van der Waals surface area contributed by atoms with Gasteiger partial charge in [0, 0.05) is 55.8 Å². The van der Waals surface area contributed by atoms with Gasteiger partial charge < -0.3 is 9.13 Å². The Labute approximate surface area is 322 Å². The highest BCUT2D eigenvalue weighted by molar-refractivity contribution is 6.20. The third-order valence-corrected chi connectivity index (χ3v) is 10.6. The summed E-state index contributed by atoms with van der Waals surface area (Å²) < 4.78 is 4.68. The van der Waals surface area contributed by atoms with Gasteiger partial charge in [-0.05, 0) is 66.0 Å². The van der Waals surface area contributed by atoms with Crippen molar-refractivity contribution in [3.63, 3.8) is 0 Å². The molecule has 0 aliphatic heterocycles. The quantitative estimate of drug-likeness (QED) is 0.172. The van der Waals surface area contributed by atoms with Crippen LogP contribution < -0.4 is 0 Å². The minimum atomic E-state index is 0.529. The number of para-hydroxylation sites is 2. The van der Waals surface area contributed by atoms with E-state index in [1.54, 1.807) is 0 Å². The Hall–Kier alpha value is -7.70. The van der Waals surface area contributed by atoms with E-state index in [0.29, 0.717) is 23.2 Å². The second-order valence-electron chi connectivity index (χ2n) is 14.0. The number of hydrogen-bond acceptors (Lipinski definition) is 4. The largest absolute Gasteiger partial charge is 0.317 e. The molecule has 0 N–H and O–H groups in total. The molecule has 4 aromatic heterocycles. The molecule has 0 atom stereocenters. The van der Waals surface area contributed by atoms with Gasteiger partial charge in [0.05, 0.1) is 22.2 Å². The van der Waals surface area contributed by atoms with E-state index in [1.165, 1.54) is 43.5 Å². The molecule has 0 bridgehead atoms. The van der Waals surface area contributed by atoms with Gasteiger partial charge in [-0.25, -0.2) is 19.9 Å². The average molecular weight is 717 g/mol. The molecular weight excluding hydrogens is 685 g/mol. The van der Waals surface area contributed by atoms with Gasteiger partial charge in [-0.3, -0.25) is 0 Å². The molecule has 0 aliphatic rings. The molecule has 0 fully saturated rings. The highest BCUT2D eigenvalue weighted by Gasteiger charge is 2.18. The van der Waals surface area contributed by atoms with Crippen molar-refractivity contribution in [1.29, 1.82) is 0 Å². The molecule has 11 rings (SSSR count). The smallest absolute Gasteiger partial charge is 0.182 e. The van der Waals surface area contributed by atoms with E-state index in [2.05, 4.69) is 125 Å². The number of benzene rings is 7. The number of aromatic nitrogens is 6. The first kappa shape index (κ1) is 31.8. The maximum atomic E-state index is 5.11. The van der Waals surface area contributed by atoms with Crippen LogP contribution in [0.1, 0.15) is 0 Å². The lowest BCUT2D eigenvalue weighted by atomic mass is 10.0. The molecule has 0 spiro atoms. The first-order valence-corrected chi connectivity index (χ1v) is 18.7. The van der Waals surface area contributed by atoms with Crippen LogP contribution >= 0.6 is 0 Å². The Morgan fingerprint density at radius 3 is 1.71 bits per heavy atom. The fraction of sp³-hybridized carbons (Fsp3) is 0. The number of hydrogen-bond donors (Lipinski definition) is 0. The predicted molar refractivity (Wildman–Crippen MR) is 228 cm³/mol. The molecule has 0 radical (unpaired) electrons. The van der Waals surface area contributed by atoms with E-state index >= 15 is 0 Å². The zero-order valence-electron chi connectivity index (χ0n) is 30.2. The van der Waals surface area contributed by atoms with Crippen LogP contribution in [0.25, 0.3) is 100 Å². The number of fused-ring (bicyclic) bond motifs is 6. The Morgan fingerprint density at radius 1 is 0.339 bits per heavy atom. The van der Waals surface area contributed by atoms with Crippen molar-refractivity contribution in [3.8, 4) is 56.9 Å². The summed E-state index contributed by atoms with van der Waals surface area (Å²) in [5.74, 6) is 1.75. The van der Waals surface area contributed by atoms with Crippen LogP contribution in [-0.4, -0.2) is 29.1 Å². The number of nitrogens with zero attached hydrogens (tertiary/aromatic N) is 6. The van der Waals surface area contributed by atoms with Crippen LogP contribution in [0.3, 0.4) is 0 Å². The fourth-order valence-corrected chi connectivity index (χ4v) is 7.92. The van der Waals surface area contributed by atoms with E-state index in [-0.39, 0.29) is 0 Å². The summed E-state index contributed by atoms with van der Waals surface area (Å²) in [6.07, 6.45) is 2.17. The van der Waals surface area contributed by atoms with Crippen molar-refractivity contribution < 1.29 is 0 Å². The molecule has 0 amide bonds. The Morgan fingerprint density at radius 2 is 0.982 bits per heavy atom. The van der Waals surface area contributed by atoms with Crippen LogP contribution in [-0.2, 0) is 0 Å². The van der Waals surface area contributed by atoms with Crippen LogP contribution in [0.15, 0.2) is 194 Å². The van der Waals surface area contributed by atoms with E-state index in [0.717, 1.165) is 33.8 Å². The molecule has 6 nitrogen and oxygen atoms in total. The molecular formula is C50H32N6. The summed E-state index contributed by atoms with van der Waals surface area (Å²) >= 11 is 0. The highest BCUT2D eigenvalue weighted by atomic mass is 15.0. The van der Waals surface area contributed by atoms with Gasteiger partial charge >= 0.3 is 0 Å². The van der Waals surface area contributed by atoms with Crippen LogP contribution in [0.5, 0.6) is 0 Å². The summed E-state index contributed by atoms with van der Waals surface area (Å²) in [6, 6.07) is 65.4. The molecule has 6 heteroatoms. The lowest BCUT2D eigenvalue weighted by molar-refractivity contribution is 1.06. The van der Waals surface area contributed by atoms with Crippen molar-refractivity contribution >= 4 is 43.5 Å². The Bertz CT molecular complexity index is 3160. The van der Waals surface area contributed by atoms with Crippen LogP contribution in [0, 0.1) is 0 Å². The summed E-state index contributed by atoms with van der Waals surface area (Å²) in [5.41, 5.74) is 10.1. The van der Waals surface area contributed by atoms with Gasteiger partial charge in [0.2, 0.25) is 0 Å². The van der Waals surface area contributed by atoms with Crippen LogP contribution in [0.4, 0.5) is 0 Å². The predicted octanol–water partition coefficient (Wildman–Crippen LogP) is 12.1. The maximum absolute atomic E-state index is 5.11. The highest BCUT2D eigenvalue weighted by Crippen LogP contribution is 2.39. The maximum Gasteiger partial charge on any atom is 0.182 e. The molecule has 4 heterocycles.